The predicted octanol–water partition coefficient (Wildman–Crippen LogP) is 1.20. The highest BCUT2D eigenvalue weighted by atomic mass is 16.5. The lowest BCUT2D eigenvalue weighted by atomic mass is 10.1. The minimum Gasteiger partial charge on any atom is -0.493 e. The monoisotopic (exact) mass is 401 g/mol. The van der Waals surface area contributed by atoms with E-state index in [4.69, 9.17) is 14.6 Å². The van der Waals surface area contributed by atoms with Gasteiger partial charge in [0.15, 0.2) is 11.5 Å². The number of anilines is 1. The number of carbonyl (C=O) groups is 2. The van der Waals surface area contributed by atoms with Crippen molar-refractivity contribution >= 4 is 17.5 Å². The van der Waals surface area contributed by atoms with Gasteiger partial charge in [0.2, 0.25) is 5.91 Å². The molecule has 156 valence electrons. The maximum Gasteiger partial charge on any atom is 0.251 e. The smallest absolute Gasteiger partial charge is 0.251 e. The van der Waals surface area contributed by atoms with Crippen LogP contribution in [0.25, 0.3) is 0 Å². The Balaban J connectivity index is 1.78. The number of carbonyl (C=O) groups excluding carboxylic acids is 2. The molecule has 0 saturated carbocycles. The van der Waals surface area contributed by atoms with E-state index >= 15 is 0 Å². The Kier molecular flexibility index (Phi) is 8.78. The maximum absolute atomic E-state index is 12.1. The third-order valence-corrected chi connectivity index (χ3v) is 4.16. The fraction of sp³-hybridized carbons (Fsp3) is 0.333. The van der Waals surface area contributed by atoms with Gasteiger partial charge in [-0.2, -0.15) is 0 Å². The summed E-state index contributed by atoms with van der Waals surface area (Å²) in [4.78, 5) is 24.0. The summed E-state index contributed by atoms with van der Waals surface area (Å²) in [5.41, 5.74) is 2.14. The lowest BCUT2D eigenvalue weighted by Gasteiger charge is -2.11. The topological polar surface area (TPSA) is 109 Å². The van der Waals surface area contributed by atoms with Crippen LogP contribution in [0.1, 0.15) is 15.9 Å². The van der Waals surface area contributed by atoms with Gasteiger partial charge in [0.05, 0.1) is 27.4 Å². The van der Waals surface area contributed by atoms with E-state index in [0.29, 0.717) is 35.7 Å². The summed E-state index contributed by atoms with van der Waals surface area (Å²) >= 11 is 0. The minimum atomic E-state index is -0.276. The fourth-order valence-corrected chi connectivity index (χ4v) is 2.67. The molecule has 0 aliphatic rings. The van der Waals surface area contributed by atoms with Crippen molar-refractivity contribution < 1.29 is 24.2 Å². The Labute approximate surface area is 170 Å². The summed E-state index contributed by atoms with van der Waals surface area (Å²) < 4.78 is 10.5. The van der Waals surface area contributed by atoms with Crippen LogP contribution in [0, 0.1) is 0 Å². The molecular weight excluding hydrogens is 374 g/mol. The number of methoxy groups -OCH3 is 2. The van der Waals surface area contributed by atoms with Crippen molar-refractivity contribution in [3.05, 3.63) is 53.6 Å². The Bertz CT molecular complexity index is 826. The van der Waals surface area contributed by atoms with Crippen molar-refractivity contribution in [1.82, 2.24) is 10.6 Å². The molecule has 0 unspecified atom stereocenters. The summed E-state index contributed by atoms with van der Waals surface area (Å²) in [7, 11) is 3.17. The number of hydrogen-bond donors (Lipinski definition) is 4. The Morgan fingerprint density at radius 2 is 1.76 bits per heavy atom. The molecule has 0 aromatic heterocycles. The molecule has 0 saturated heterocycles. The lowest BCUT2D eigenvalue weighted by Crippen LogP contribution is -2.31. The quantitative estimate of drug-likeness (QED) is 0.451. The van der Waals surface area contributed by atoms with Gasteiger partial charge in [-0.05, 0) is 42.3 Å². The summed E-state index contributed by atoms with van der Waals surface area (Å²) in [5.74, 6) is 0.889. The van der Waals surface area contributed by atoms with Crippen LogP contribution in [0.5, 0.6) is 11.5 Å². The van der Waals surface area contributed by atoms with Crippen LogP contribution in [0.3, 0.4) is 0 Å². The molecule has 0 bridgehead atoms. The standard InChI is InChI=1S/C21H27N3O5/c1-28-18-7-6-15(12-19(18)29-2)8-9-22-20(26)14-24-17-5-3-4-16(13-17)21(27)23-10-11-25/h3-7,12-13,24-25H,8-11,14H2,1-2H3,(H,22,26)(H,23,27). The van der Waals surface area contributed by atoms with E-state index in [2.05, 4.69) is 16.0 Å². The van der Waals surface area contributed by atoms with Gasteiger partial charge in [0, 0.05) is 24.3 Å². The first kappa shape index (κ1) is 22.0. The molecule has 2 rings (SSSR count). The first-order chi connectivity index (χ1) is 14.1. The first-order valence-corrected chi connectivity index (χ1v) is 9.28. The highest BCUT2D eigenvalue weighted by Crippen LogP contribution is 2.27. The van der Waals surface area contributed by atoms with Crippen LogP contribution < -0.4 is 25.4 Å². The van der Waals surface area contributed by atoms with Crippen LogP contribution in [0.15, 0.2) is 42.5 Å². The third-order valence-electron chi connectivity index (χ3n) is 4.16. The van der Waals surface area contributed by atoms with Crippen molar-refractivity contribution in [2.24, 2.45) is 0 Å². The van der Waals surface area contributed by atoms with Gasteiger partial charge in [-0.25, -0.2) is 0 Å². The molecule has 4 N–H and O–H groups in total. The predicted molar refractivity (Wildman–Crippen MR) is 111 cm³/mol. The van der Waals surface area contributed by atoms with Crippen LogP contribution in [0.2, 0.25) is 0 Å². The van der Waals surface area contributed by atoms with Crippen molar-refractivity contribution in [2.75, 3.05) is 45.8 Å². The largest absolute Gasteiger partial charge is 0.493 e. The SMILES string of the molecule is COc1ccc(CCNC(=O)CNc2cccc(C(=O)NCCO)c2)cc1OC. The van der Waals surface area contributed by atoms with Crippen LogP contribution in [-0.4, -0.2) is 57.4 Å². The average molecular weight is 401 g/mol. The Morgan fingerprint density at radius 1 is 0.966 bits per heavy atom. The molecule has 0 spiro atoms. The van der Waals surface area contributed by atoms with E-state index in [1.165, 1.54) is 0 Å². The highest BCUT2D eigenvalue weighted by Gasteiger charge is 2.07. The number of rotatable bonds is 11. The second kappa shape index (κ2) is 11.6. The van der Waals surface area contributed by atoms with Gasteiger partial charge in [0.1, 0.15) is 0 Å². The van der Waals surface area contributed by atoms with Crippen molar-refractivity contribution in [3.63, 3.8) is 0 Å². The van der Waals surface area contributed by atoms with Gasteiger partial charge in [0.25, 0.3) is 5.91 Å². The summed E-state index contributed by atoms with van der Waals surface area (Å²) in [5, 5.41) is 17.2. The summed E-state index contributed by atoms with van der Waals surface area (Å²) in [6, 6.07) is 12.5. The molecule has 0 radical (unpaired) electrons. The van der Waals surface area contributed by atoms with Crippen molar-refractivity contribution in [1.29, 1.82) is 0 Å². The van der Waals surface area contributed by atoms with Gasteiger partial charge in [-0.3, -0.25) is 9.59 Å². The molecule has 0 aliphatic carbocycles. The minimum absolute atomic E-state index is 0.0909. The lowest BCUT2D eigenvalue weighted by molar-refractivity contribution is -0.119. The molecular formula is C21H27N3O5. The highest BCUT2D eigenvalue weighted by molar-refractivity contribution is 5.95. The number of nitrogens with one attached hydrogen (secondary N) is 3. The Morgan fingerprint density at radius 3 is 2.48 bits per heavy atom. The molecule has 0 atom stereocenters. The Hall–Kier alpha value is -3.26. The second-order valence-electron chi connectivity index (χ2n) is 6.20. The van der Waals surface area contributed by atoms with Crippen LogP contribution >= 0.6 is 0 Å². The molecule has 2 aromatic carbocycles. The van der Waals surface area contributed by atoms with Crippen molar-refractivity contribution in [3.8, 4) is 11.5 Å². The average Bonchev–Trinajstić information content (AvgIpc) is 2.76. The maximum atomic E-state index is 12.1. The number of ether oxygens (including phenoxy) is 2. The second-order valence-corrected chi connectivity index (χ2v) is 6.20. The van der Waals surface area contributed by atoms with E-state index in [9.17, 15) is 9.59 Å². The zero-order valence-corrected chi connectivity index (χ0v) is 16.7. The van der Waals surface area contributed by atoms with Gasteiger partial charge in [-0.15, -0.1) is 0 Å². The van der Waals surface area contributed by atoms with E-state index < -0.39 is 0 Å². The van der Waals surface area contributed by atoms with Crippen molar-refractivity contribution in [2.45, 2.75) is 6.42 Å². The van der Waals surface area contributed by atoms with E-state index in [-0.39, 0.29) is 31.5 Å². The normalized spacial score (nSPS) is 10.2. The van der Waals surface area contributed by atoms with Gasteiger partial charge in [-0.1, -0.05) is 12.1 Å². The van der Waals surface area contributed by atoms with E-state index in [1.807, 2.05) is 18.2 Å². The number of aliphatic hydroxyl groups is 1. The fourth-order valence-electron chi connectivity index (χ4n) is 2.67. The molecule has 8 heteroatoms. The molecule has 0 heterocycles. The molecule has 0 fully saturated rings. The van der Waals surface area contributed by atoms with E-state index in [0.717, 1.165) is 5.56 Å². The van der Waals surface area contributed by atoms with Gasteiger partial charge >= 0.3 is 0 Å². The number of benzene rings is 2. The van der Waals surface area contributed by atoms with Crippen LogP contribution in [-0.2, 0) is 11.2 Å². The van der Waals surface area contributed by atoms with E-state index in [1.54, 1.807) is 38.5 Å². The number of amides is 2. The number of aliphatic hydroxyl groups excluding tert-OH is 1. The van der Waals surface area contributed by atoms with Crippen LogP contribution in [0.4, 0.5) is 5.69 Å². The molecule has 8 nitrogen and oxygen atoms in total. The summed E-state index contributed by atoms with van der Waals surface area (Å²) in [6.07, 6.45) is 0.659. The summed E-state index contributed by atoms with van der Waals surface area (Å²) in [6.45, 7) is 0.652. The molecule has 2 aromatic rings. The third kappa shape index (κ3) is 7.00. The zero-order valence-electron chi connectivity index (χ0n) is 16.7. The molecule has 2 amide bonds. The first-order valence-electron chi connectivity index (χ1n) is 9.28. The molecule has 29 heavy (non-hydrogen) atoms. The number of hydrogen-bond acceptors (Lipinski definition) is 6. The van der Waals surface area contributed by atoms with Gasteiger partial charge < -0.3 is 30.5 Å². The molecule has 0 aliphatic heterocycles. The zero-order chi connectivity index (χ0) is 21.1.